The third kappa shape index (κ3) is 4.11. The number of halogens is 3. The molecule has 25 heavy (non-hydrogen) atoms. The average Bonchev–Trinajstić information content (AvgIpc) is 2.53. The molecular weight excluding hydrogens is 405 g/mol. The first-order valence-electron chi connectivity index (χ1n) is 7.32. The molecule has 0 spiro atoms. The van der Waals surface area contributed by atoms with E-state index in [1.54, 1.807) is 19.1 Å². The van der Waals surface area contributed by atoms with E-state index in [4.69, 9.17) is 34.8 Å². The third-order valence-electron chi connectivity index (χ3n) is 3.73. The van der Waals surface area contributed by atoms with Crippen LogP contribution < -0.4 is 4.31 Å². The van der Waals surface area contributed by atoms with Crippen molar-refractivity contribution in [1.29, 1.82) is 0 Å². The minimum absolute atomic E-state index is 0.0763. The van der Waals surface area contributed by atoms with Gasteiger partial charge in [0.05, 0.1) is 20.6 Å². The minimum atomic E-state index is -4.09. The molecular formula is C17H16Cl3NO3S. The first-order chi connectivity index (χ1) is 11.6. The SMILES string of the molecule is Cc1ccc(C)c(N(C(C)C(=O)Cl)S(=O)(=O)c2ccc(Cl)c(Cl)c2)c1. The standard InChI is InChI=1S/C17H16Cl3NO3S/c1-10-4-5-11(2)16(8-10)21(12(3)17(20)22)25(23,24)13-6-7-14(18)15(19)9-13/h4-9,12H,1-3H3. The molecule has 2 aromatic carbocycles. The molecule has 0 aliphatic carbocycles. The topological polar surface area (TPSA) is 54.5 Å². The zero-order valence-electron chi connectivity index (χ0n) is 13.8. The Morgan fingerprint density at radius 3 is 2.24 bits per heavy atom. The van der Waals surface area contributed by atoms with Gasteiger partial charge in [0.25, 0.3) is 10.0 Å². The van der Waals surface area contributed by atoms with Gasteiger partial charge in [0, 0.05) is 0 Å². The average molecular weight is 421 g/mol. The molecule has 0 aromatic heterocycles. The molecule has 0 bridgehead atoms. The first-order valence-corrected chi connectivity index (χ1v) is 9.89. The van der Waals surface area contributed by atoms with E-state index in [-0.39, 0.29) is 14.9 Å². The van der Waals surface area contributed by atoms with Gasteiger partial charge >= 0.3 is 0 Å². The Balaban J connectivity index is 2.72. The van der Waals surface area contributed by atoms with Crippen molar-refractivity contribution in [1.82, 2.24) is 0 Å². The van der Waals surface area contributed by atoms with Crippen molar-refractivity contribution in [3.63, 3.8) is 0 Å². The number of aryl methyl sites for hydroxylation is 2. The molecule has 134 valence electrons. The summed E-state index contributed by atoms with van der Waals surface area (Å²) in [5, 5.41) is -0.446. The summed E-state index contributed by atoms with van der Waals surface area (Å²) in [6.45, 7) is 5.03. The number of hydrogen-bond donors (Lipinski definition) is 0. The summed E-state index contributed by atoms with van der Waals surface area (Å²) in [5.41, 5.74) is 1.93. The van der Waals surface area contributed by atoms with E-state index in [0.29, 0.717) is 11.3 Å². The van der Waals surface area contributed by atoms with E-state index < -0.39 is 21.3 Å². The number of hydrogen-bond acceptors (Lipinski definition) is 3. The van der Waals surface area contributed by atoms with Crippen LogP contribution in [0.5, 0.6) is 0 Å². The number of sulfonamides is 1. The Labute approximate surface area is 162 Å². The number of carbonyl (C=O) groups excluding carboxylic acids is 1. The lowest BCUT2D eigenvalue weighted by molar-refractivity contribution is -0.112. The van der Waals surface area contributed by atoms with E-state index in [1.165, 1.54) is 25.1 Å². The zero-order chi connectivity index (χ0) is 18.9. The van der Waals surface area contributed by atoms with Crippen molar-refractivity contribution >= 4 is 55.8 Å². The van der Waals surface area contributed by atoms with Gasteiger partial charge in [-0.05, 0) is 67.8 Å². The Morgan fingerprint density at radius 2 is 1.68 bits per heavy atom. The highest BCUT2D eigenvalue weighted by atomic mass is 35.5. The summed E-state index contributed by atoms with van der Waals surface area (Å²) in [6, 6.07) is 8.23. The maximum Gasteiger partial charge on any atom is 0.265 e. The Bertz CT molecular complexity index is 929. The number of anilines is 1. The second-order valence-corrected chi connectivity index (χ2v) is 8.65. The van der Waals surface area contributed by atoms with Gasteiger partial charge in [0.15, 0.2) is 0 Å². The van der Waals surface area contributed by atoms with E-state index >= 15 is 0 Å². The molecule has 0 saturated carbocycles. The molecule has 2 rings (SSSR count). The van der Waals surface area contributed by atoms with Gasteiger partial charge in [0.1, 0.15) is 6.04 Å². The van der Waals surface area contributed by atoms with Crippen molar-refractivity contribution in [3.8, 4) is 0 Å². The first kappa shape index (κ1) is 20.0. The van der Waals surface area contributed by atoms with Gasteiger partial charge < -0.3 is 0 Å². The second kappa shape index (κ2) is 7.54. The lowest BCUT2D eigenvalue weighted by atomic mass is 10.1. The summed E-state index contributed by atoms with van der Waals surface area (Å²) >= 11 is 17.5. The van der Waals surface area contributed by atoms with Crippen LogP contribution >= 0.6 is 34.8 Å². The minimum Gasteiger partial charge on any atom is -0.279 e. The monoisotopic (exact) mass is 419 g/mol. The van der Waals surface area contributed by atoms with Gasteiger partial charge in [-0.2, -0.15) is 0 Å². The van der Waals surface area contributed by atoms with E-state index in [0.717, 1.165) is 9.87 Å². The smallest absolute Gasteiger partial charge is 0.265 e. The van der Waals surface area contributed by atoms with Crippen LogP contribution in [0, 0.1) is 13.8 Å². The van der Waals surface area contributed by atoms with Crippen molar-refractivity contribution in [2.75, 3.05) is 4.31 Å². The number of nitrogens with zero attached hydrogens (tertiary/aromatic N) is 1. The molecule has 0 amide bonds. The summed E-state index contributed by atoms with van der Waals surface area (Å²) in [5.74, 6) is 0. The lowest BCUT2D eigenvalue weighted by Crippen LogP contribution is -2.42. The van der Waals surface area contributed by atoms with E-state index in [9.17, 15) is 13.2 Å². The fourth-order valence-corrected chi connectivity index (χ4v) is 4.57. The van der Waals surface area contributed by atoms with Crippen LogP contribution in [0.3, 0.4) is 0 Å². The Kier molecular flexibility index (Phi) is 6.05. The number of benzene rings is 2. The molecule has 2 aromatic rings. The molecule has 0 N–H and O–H groups in total. The third-order valence-corrected chi connectivity index (χ3v) is 6.67. The predicted octanol–water partition coefficient (Wildman–Crippen LogP) is 4.96. The molecule has 1 unspecified atom stereocenters. The van der Waals surface area contributed by atoms with Crippen LogP contribution in [0.15, 0.2) is 41.3 Å². The van der Waals surface area contributed by atoms with Gasteiger partial charge in [-0.25, -0.2) is 8.42 Å². The van der Waals surface area contributed by atoms with Crippen LogP contribution in [-0.2, 0) is 14.8 Å². The maximum absolute atomic E-state index is 13.2. The molecule has 0 aliphatic rings. The highest BCUT2D eigenvalue weighted by Gasteiger charge is 2.34. The summed E-state index contributed by atoms with van der Waals surface area (Å²) in [6.07, 6.45) is 0. The fraction of sp³-hybridized carbons (Fsp3) is 0.235. The van der Waals surface area contributed by atoms with Crippen molar-refractivity contribution in [3.05, 3.63) is 57.6 Å². The van der Waals surface area contributed by atoms with Crippen LogP contribution in [0.2, 0.25) is 10.0 Å². The molecule has 0 fully saturated rings. The van der Waals surface area contributed by atoms with Crippen LogP contribution in [-0.4, -0.2) is 19.7 Å². The molecule has 4 nitrogen and oxygen atoms in total. The van der Waals surface area contributed by atoms with Gasteiger partial charge in [-0.15, -0.1) is 0 Å². The molecule has 0 heterocycles. The molecule has 8 heteroatoms. The van der Waals surface area contributed by atoms with Crippen LogP contribution in [0.1, 0.15) is 18.1 Å². The zero-order valence-corrected chi connectivity index (χ0v) is 16.8. The molecule has 0 aliphatic heterocycles. The quantitative estimate of drug-likeness (QED) is 0.642. The molecule has 0 radical (unpaired) electrons. The van der Waals surface area contributed by atoms with E-state index in [2.05, 4.69) is 0 Å². The molecule has 0 saturated heterocycles. The molecule has 1 atom stereocenters. The van der Waals surface area contributed by atoms with Crippen molar-refractivity contribution < 1.29 is 13.2 Å². The number of rotatable bonds is 5. The largest absolute Gasteiger partial charge is 0.279 e. The predicted molar refractivity (Wildman–Crippen MR) is 102 cm³/mol. The summed E-state index contributed by atoms with van der Waals surface area (Å²) in [4.78, 5) is 11.7. The highest BCUT2D eigenvalue weighted by Crippen LogP contribution is 2.33. The Hall–Kier alpha value is -1.27. The van der Waals surface area contributed by atoms with Gasteiger partial charge in [-0.3, -0.25) is 9.10 Å². The lowest BCUT2D eigenvalue weighted by Gasteiger charge is -2.30. The normalized spacial score (nSPS) is 12.7. The summed E-state index contributed by atoms with van der Waals surface area (Å²) < 4.78 is 27.5. The van der Waals surface area contributed by atoms with E-state index in [1.807, 2.05) is 13.0 Å². The summed E-state index contributed by atoms with van der Waals surface area (Å²) in [7, 11) is -4.09. The van der Waals surface area contributed by atoms with Crippen LogP contribution in [0.25, 0.3) is 0 Å². The van der Waals surface area contributed by atoms with Crippen molar-refractivity contribution in [2.24, 2.45) is 0 Å². The Morgan fingerprint density at radius 1 is 1.04 bits per heavy atom. The second-order valence-electron chi connectivity index (χ2n) is 5.65. The maximum atomic E-state index is 13.2. The van der Waals surface area contributed by atoms with Gasteiger partial charge in [-0.1, -0.05) is 35.3 Å². The van der Waals surface area contributed by atoms with Crippen molar-refractivity contribution in [2.45, 2.75) is 31.7 Å². The number of carbonyl (C=O) groups is 1. The fourth-order valence-electron chi connectivity index (χ4n) is 2.35. The highest BCUT2D eigenvalue weighted by molar-refractivity contribution is 7.93. The van der Waals surface area contributed by atoms with Crippen LogP contribution in [0.4, 0.5) is 5.69 Å². The van der Waals surface area contributed by atoms with Gasteiger partial charge in [0.2, 0.25) is 5.24 Å².